The molecule has 2 rings (SSSR count). The number of rotatable bonds is 3. The van der Waals surface area contributed by atoms with Crippen molar-refractivity contribution in [1.29, 1.82) is 0 Å². The molecule has 1 aromatic carbocycles. The largest absolute Gasteiger partial charge is 0.401 e. The van der Waals surface area contributed by atoms with Crippen LogP contribution in [-0.4, -0.2) is 22.3 Å². The number of aromatic nitrogens is 2. The molecule has 3 nitrogen and oxygen atoms in total. The minimum atomic E-state index is -4.19. The van der Waals surface area contributed by atoms with E-state index in [4.69, 9.17) is 0 Å². The summed E-state index contributed by atoms with van der Waals surface area (Å²) in [5.41, 5.74) is 2.81. The Balaban J connectivity index is 2.16. The molecule has 0 bridgehead atoms. The zero-order valence-electron chi connectivity index (χ0n) is 10.2. The van der Waals surface area contributed by atoms with E-state index < -0.39 is 12.7 Å². The van der Waals surface area contributed by atoms with Gasteiger partial charge in [-0.15, -0.1) is 0 Å². The molecule has 0 fully saturated rings. The zero-order valence-corrected chi connectivity index (χ0v) is 10.2. The number of imidazole rings is 1. The molecule has 1 N–H and O–H groups in total. The highest BCUT2D eigenvalue weighted by Crippen LogP contribution is 2.17. The molecule has 2 aromatic rings. The van der Waals surface area contributed by atoms with Gasteiger partial charge in [0.1, 0.15) is 5.82 Å². The number of aryl methyl sites for hydroxylation is 2. The fraction of sp³-hybridized carbons (Fsp3) is 0.417. The molecule has 1 aromatic heterocycles. The molecule has 0 aliphatic heterocycles. The molecule has 0 saturated heterocycles. The second kappa shape index (κ2) is 4.61. The lowest BCUT2D eigenvalue weighted by Gasteiger charge is -2.07. The summed E-state index contributed by atoms with van der Waals surface area (Å²) in [5.74, 6) is 0.597. The third kappa shape index (κ3) is 2.81. The predicted molar refractivity (Wildman–Crippen MR) is 63.2 cm³/mol. The second-order valence-corrected chi connectivity index (χ2v) is 4.30. The van der Waals surface area contributed by atoms with Gasteiger partial charge in [0.05, 0.1) is 24.1 Å². The van der Waals surface area contributed by atoms with Gasteiger partial charge in [0, 0.05) is 7.05 Å². The van der Waals surface area contributed by atoms with Crippen LogP contribution in [0.25, 0.3) is 11.0 Å². The second-order valence-electron chi connectivity index (χ2n) is 4.30. The zero-order chi connectivity index (χ0) is 13.3. The van der Waals surface area contributed by atoms with Crippen LogP contribution in [0.4, 0.5) is 13.2 Å². The van der Waals surface area contributed by atoms with Gasteiger partial charge in [-0.2, -0.15) is 13.2 Å². The molecule has 6 heteroatoms. The van der Waals surface area contributed by atoms with Gasteiger partial charge in [0.15, 0.2) is 0 Å². The highest BCUT2D eigenvalue weighted by molar-refractivity contribution is 5.76. The molecule has 18 heavy (non-hydrogen) atoms. The molecule has 0 atom stereocenters. The van der Waals surface area contributed by atoms with Crippen LogP contribution in [0.3, 0.4) is 0 Å². The van der Waals surface area contributed by atoms with Crippen molar-refractivity contribution in [2.24, 2.45) is 7.05 Å². The average Bonchev–Trinajstić information content (AvgIpc) is 2.53. The highest BCUT2D eigenvalue weighted by atomic mass is 19.4. The van der Waals surface area contributed by atoms with E-state index in [1.807, 2.05) is 25.1 Å². The van der Waals surface area contributed by atoms with Gasteiger partial charge >= 0.3 is 6.18 Å². The standard InChI is InChI=1S/C12H14F3N3/c1-8-3-4-10-9(5-8)17-11(18(10)2)6-16-7-12(13,14)15/h3-5,16H,6-7H2,1-2H3. The van der Waals surface area contributed by atoms with Crippen molar-refractivity contribution in [3.63, 3.8) is 0 Å². The lowest BCUT2D eigenvalue weighted by atomic mass is 10.2. The smallest absolute Gasteiger partial charge is 0.330 e. The van der Waals surface area contributed by atoms with Crippen molar-refractivity contribution in [2.75, 3.05) is 6.54 Å². The van der Waals surface area contributed by atoms with Crippen molar-refractivity contribution in [3.05, 3.63) is 29.6 Å². The van der Waals surface area contributed by atoms with Gasteiger partial charge in [-0.05, 0) is 24.6 Å². The van der Waals surface area contributed by atoms with Gasteiger partial charge < -0.3 is 9.88 Å². The van der Waals surface area contributed by atoms with Crippen LogP contribution in [0.1, 0.15) is 11.4 Å². The lowest BCUT2D eigenvalue weighted by molar-refractivity contribution is -0.125. The lowest BCUT2D eigenvalue weighted by Crippen LogP contribution is -2.29. The van der Waals surface area contributed by atoms with E-state index in [0.717, 1.165) is 16.6 Å². The fourth-order valence-electron chi connectivity index (χ4n) is 1.83. The number of nitrogens with one attached hydrogen (secondary N) is 1. The maximum Gasteiger partial charge on any atom is 0.401 e. The van der Waals surface area contributed by atoms with Gasteiger partial charge in [-0.25, -0.2) is 4.98 Å². The Kier molecular flexibility index (Phi) is 3.30. The average molecular weight is 257 g/mol. The Morgan fingerprint density at radius 3 is 2.72 bits per heavy atom. The van der Waals surface area contributed by atoms with E-state index in [0.29, 0.717) is 5.82 Å². The number of fused-ring (bicyclic) bond motifs is 1. The Labute approximate surface area is 103 Å². The summed E-state index contributed by atoms with van der Waals surface area (Å²) in [6, 6.07) is 5.80. The van der Waals surface area contributed by atoms with E-state index in [9.17, 15) is 13.2 Å². The van der Waals surface area contributed by atoms with Crippen LogP contribution >= 0.6 is 0 Å². The first-order valence-corrected chi connectivity index (χ1v) is 5.56. The van der Waals surface area contributed by atoms with Crippen LogP contribution in [-0.2, 0) is 13.6 Å². The minimum Gasteiger partial charge on any atom is -0.330 e. The van der Waals surface area contributed by atoms with Crippen LogP contribution in [0, 0.1) is 6.92 Å². The van der Waals surface area contributed by atoms with E-state index in [2.05, 4.69) is 10.3 Å². The van der Waals surface area contributed by atoms with E-state index in [1.54, 1.807) is 11.6 Å². The molecule has 0 spiro atoms. The molecule has 0 unspecified atom stereocenters. The molecular weight excluding hydrogens is 243 g/mol. The third-order valence-electron chi connectivity index (χ3n) is 2.74. The maximum absolute atomic E-state index is 12.0. The Hall–Kier alpha value is -1.56. The third-order valence-corrected chi connectivity index (χ3v) is 2.74. The first-order valence-electron chi connectivity index (χ1n) is 5.56. The summed E-state index contributed by atoms with van der Waals surface area (Å²) in [4.78, 5) is 4.33. The first kappa shape index (κ1) is 12.9. The van der Waals surface area contributed by atoms with Crippen LogP contribution < -0.4 is 5.32 Å². The first-order chi connectivity index (χ1) is 8.37. The van der Waals surface area contributed by atoms with Crippen LogP contribution in [0.15, 0.2) is 18.2 Å². The number of nitrogens with zero attached hydrogens (tertiary/aromatic N) is 2. The predicted octanol–water partition coefficient (Wildman–Crippen LogP) is 2.53. The van der Waals surface area contributed by atoms with E-state index in [1.165, 1.54) is 0 Å². The van der Waals surface area contributed by atoms with Gasteiger partial charge in [0.25, 0.3) is 0 Å². The van der Waals surface area contributed by atoms with Crippen LogP contribution in [0.2, 0.25) is 0 Å². The molecular formula is C12H14F3N3. The van der Waals surface area contributed by atoms with E-state index in [-0.39, 0.29) is 6.54 Å². The number of benzene rings is 1. The molecule has 98 valence electrons. The van der Waals surface area contributed by atoms with Gasteiger partial charge in [0.2, 0.25) is 0 Å². The Morgan fingerprint density at radius 2 is 2.06 bits per heavy atom. The number of hydrogen-bond donors (Lipinski definition) is 1. The summed E-state index contributed by atoms with van der Waals surface area (Å²) in [6.07, 6.45) is -4.19. The Bertz CT molecular complexity index is 557. The molecule has 1 heterocycles. The highest BCUT2D eigenvalue weighted by Gasteiger charge is 2.26. The molecule has 0 radical (unpaired) electrons. The van der Waals surface area contributed by atoms with Crippen molar-refractivity contribution >= 4 is 11.0 Å². The summed E-state index contributed by atoms with van der Waals surface area (Å²) < 4.78 is 37.9. The number of hydrogen-bond acceptors (Lipinski definition) is 2. The molecule has 0 amide bonds. The van der Waals surface area contributed by atoms with Crippen molar-refractivity contribution < 1.29 is 13.2 Å². The molecule has 0 saturated carbocycles. The van der Waals surface area contributed by atoms with Crippen LogP contribution in [0.5, 0.6) is 0 Å². The molecule has 0 aliphatic rings. The summed E-state index contributed by atoms with van der Waals surface area (Å²) in [6.45, 7) is 1.05. The SMILES string of the molecule is Cc1ccc2c(c1)nc(CNCC(F)(F)F)n2C. The van der Waals surface area contributed by atoms with Crippen molar-refractivity contribution in [2.45, 2.75) is 19.6 Å². The summed E-state index contributed by atoms with van der Waals surface area (Å²) in [7, 11) is 1.80. The summed E-state index contributed by atoms with van der Waals surface area (Å²) >= 11 is 0. The van der Waals surface area contributed by atoms with Crippen molar-refractivity contribution in [1.82, 2.24) is 14.9 Å². The maximum atomic E-state index is 12.0. The quantitative estimate of drug-likeness (QED) is 0.915. The Morgan fingerprint density at radius 1 is 1.33 bits per heavy atom. The van der Waals surface area contributed by atoms with Gasteiger partial charge in [-0.1, -0.05) is 6.07 Å². The monoisotopic (exact) mass is 257 g/mol. The van der Waals surface area contributed by atoms with E-state index >= 15 is 0 Å². The number of alkyl halides is 3. The normalized spacial score (nSPS) is 12.3. The van der Waals surface area contributed by atoms with Gasteiger partial charge in [-0.3, -0.25) is 0 Å². The number of halogens is 3. The topological polar surface area (TPSA) is 29.9 Å². The summed E-state index contributed by atoms with van der Waals surface area (Å²) in [5, 5.41) is 2.35. The van der Waals surface area contributed by atoms with Crippen molar-refractivity contribution in [3.8, 4) is 0 Å². The minimum absolute atomic E-state index is 0.101. The molecule has 0 aliphatic carbocycles. The fourth-order valence-corrected chi connectivity index (χ4v) is 1.83.